The van der Waals surface area contributed by atoms with Gasteiger partial charge in [0, 0.05) is 42.8 Å². The summed E-state index contributed by atoms with van der Waals surface area (Å²) in [6.07, 6.45) is 8.26. The van der Waals surface area contributed by atoms with Crippen molar-refractivity contribution in [1.29, 1.82) is 0 Å². The van der Waals surface area contributed by atoms with Gasteiger partial charge in [-0.05, 0) is 44.0 Å². The maximum absolute atomic E-state index is 11.6. The van der Waals surface area contributed by atoms with Gasteiger partial charge in [-0.1, -0.05) is 6.07 Å². The molecule has 27 heavy (non-hydrogen) atoms. The van der Waals surface area contributed by atoms with E-state index in [2.05, 4.69) is 31.2 Å². The van der Waals surface area contributed by atoms with Crippen LogP contribution in [0.2, 0.25) is 0 Å². The molecule has 3 aromatic rings. The van der Waals surface area contributed by atoms with Crippen molar-refractivity contribution < 1.29 is 4.79 Å². The molecule has 0 atom stereocenters. The van der Waals surface area contributed by atoms with Gasteiger partial charge in [0.2, 0.25) is 5.91 Å². The van der Waals surface area contributed by atoms with Gasteiger partial charge in [0.15, 0.2) is 11.6 Å². The topological polar surface area (TPSA) is 84.8 Å². The summed E-state index contributed by atoms with van der Waals surface area (Å²) in [4.78, 5) is 25.4. The smallest absolute Gasteiger partial charge is 0.228 e. The first-order valence-electron chi connectivity index (χ1n) is 8.43. The third-order valence-corrected chi connectivity index (χ3v) is 3.90. The second-order valence-electron chi connectivity index (χ2n) is 6.00. The first kappa shape index (κ1) is 20.4. The van der Waals surface area contributed by atoms with E-state index >= 15 is 0 Å². The molecule has 4 rings (SSSR count). The van der Waals surface area contributed by atoms with E-state index in [0.29, 0.717) is 24.6 Å². The number of aryl methyl sites for hydroxylation is 2. The van der Waals surface area contributed by atoms with Gasteiger partial charge in [0.1, 0.15) is 0 Å². The van der Waals surface area contributed by atoms with Crippen molar-refractivity contribution in [2.75, 3.05) is 11.4 Å². The molecule has 0 bridgehead atoms. The molecule has 1 aliphatic heterocycles. The average Bonchev–Trinajstić information content (AvgIpc) is 3.11. The van der Waals surface area contributed by atoms with E-state index in [4.69, 9.17) is 0 Å². The number of amides is 1. The Morgan fingerprint density at radius 1 is 0.963 bits per heavy atom. The van der Waals surface area contributed by atoms with Crippen LogP contribution in [0.25, 0.3) is 11.4 Å². The van der Waals surface area contributed by atoms with Crippen LogP contribution in [0.1, 0.15) is 24.1 Å². The van der Waals surface area contributed by atoms with Crippen molar-refractivity contribution >= 4 is 24.1 Å². The van der Waals surface area contributed by atoms with Gasteiger partial charge >= 0.3 is 0 Å². The summed E-state index contributed by atoms with van der Waals surface area (Å²) in [5.41, 5.74) is 3.16. The van der Waals surface area contributed by atoms with Gasteiger partial charge in [0.25, 0.3) is 0 Å². The Morgan fingerprint density at radius 3 is 2.26 bits per heavy atom. The standard InChI is InChI=1S/C12H11N5O.C7H9N.ClH/c18-11-2-1-7-17(11)10-8-14-12(16-15-10)9-3-5-13-6-4-9;1-6-3-4-7(2)8-5-6;/h3-6,8H,1-2,7H2;3-5H,1-2H3;1H. The molecule has 1 aliphatic rings. The molecule has 0 aromatic carbocycles. The van der Waals surface area contributed by atoms with E-state index in [0.717, 1.165) is 17.7 Å². The number of pyridine rings is 2. The van der Waals surface area contributed by atoms with E-state index in [1.165, 1.54) is 5.56 Å². The van der Waals surface area contributed by atoms with Crippen molar-refractivity contribution in [1.82, 2.24) is 25.1 Å². The molecular weight excluding hydrogens is 364 g/mol. The first-order valence-corrected chi connectivity index (χ1v) is 8.43. The van der Waals surface area contributed by atoms with E-state index in [-0.39, 0.29) is 18.3 Å². The molecule has 0 unspecified atom stereocenters. The molecule has 1 fully saturated rings. The second-order valence-corrected chi connectivity index (χ2v) is 6.00. The van der Waals surface area contributed by atoms with Gasteiger partial charge < -0.3 is 0 Å². The average molecular weight is 385 g/mol. The minimum atomic E-state index is 0. The molecule has 0 spiro atoms. The molecule has 1 saturated heterocycles. The van der Waals surface area contributed by atoms with Gasteiger partial charge in [-0.2, -0.15) is 0 Å². The molecule has 140 valence electrons. The molecular formula is C19H21ClN6O. The highest BCUT2D eigenvalue weighted by molar-refractivity contribution is 5.94. The Bertz CT molecular complexity index is 835. The van der Waals surface area contributed by atoms with Crippen molar-refractivity contribution in [2.24, 2.45) is 0 Å². The highest BCUT2D eigenvalue weighted by atomic mass is 35.5. The van der Waals surface area contributed by atoms with E-state index in [1.54, 1.807) is 23.5 Å². The van der Waals surface area contributed by atoms with Crippen molar-refractivity contribution in [3.05, 3.63) is 60.3 Å². The molecule has 7 nitrogen and oxygen atoms in total. The van der Waals surface area contributed by atoms with Crippen LogP contribution in [0, 0.1) is 13.8 Å². The molecule has 8 heteroatoms. The zero-order valence-electron chi connectivity index (χ0n) is 15.2. The number of carbonyl (C=O) groups excluding carboxylic acids is 1. The van der Waals surface area contributed by atoms with Crippen molar-refractivity contribution in [3.63, 3.8) is 0 Å². The minimum Gasteiger partial charge on any atom is -0.294 e. The van der Waals surface area contributed by atoms with E-state index in [1.807, 2.05) is 38.2 Å². The second kappa shape index (κ2) is 9.68. The van der Waals surface area contributed by atoms with Crippen LogP contribution in [0.4, 0.5) is 5.82 Å². The van der Waals surface area contributed by atoms with Crippen LogP contribution < -0.4 is 4.90 Å². The van der Waals surface area contributed by atoms with Gasteiger partial charge in [-0.3, -0.25) is 19.7 Å². The lowest BCUT2D eigenvalue weighted by Gasteiger charge is -2.12. The number of aromatic nitrogens is 5. The molecule has 0 N–H and O–H groups in total. The summed E-state index contributed by atoms with van der Waals surface area (Å²) >= 11 is 0. The van der Waals surface area contributed by atoms with Crippen LogP contribution in [0.5, 0.6) is 0 Å². The maximum Gasteiger partial charge on any atom is 0.228 e. The number of carbonyl (C=O) groups is 1. The minimum absolute atomic E-state index is 0. The Hall–Kier alpha value is -2.93. The quantitative estimate of drug-likeness (QED) is 0.674. The Balaban J connectivity index is 0.000000247. The van der Waals surface area contributed by atoms with Gasteiger partial charge in [-0.15, -0.1) is 22.6 Å². The highest BCUT2D eigenvalue weighted by Gasteiger charge is 2.23. The normalized spacial score (nSPS) is 12.8. The predicted octanol–water partition coefficient (Wildman–Crippen LogP) is 3.18. The summed E-state index contributed by atoms with van der Waals surface area (Å²) in [6.45, 7) is 4.72. The zero-order valence-corrected chi connectivity index (χ0v) is 16.1. The summed E-state index contributed by atoms with van der Waals surface area (Å²) in [5, 5.41) is 8.10. The van der Waals surface area contributed by atoms with Crippen LogP contribution in [-0.2, 0) is 4.79 Å². The SMILES string of the molecule is Cc1ccc(C)nc1.Cl.O=C1CCCN1c1cnc(-c2ccncc2)nn1. The first-order chi connectivity index (χ1) is 12.6. The molecule has 0 radical (unpaired) electrons. The zero-order chi connectivity index (χ0) is 18.4. The predicted molar refractivity (Wildman–Crippen MR) is 106 cm³/mol. The third-order valence-electron chi connectivity index (χ3n) is 3.90. The van der Waals surface area contributed by atoms with Crippen LogP contribution in [0.3, 0.4) is 0 Å². The summed E-state index contributed by atoms with van der Waals surface area (Å²) in [5.74, 6) is 1.14. The van der Waals surface area contributed by atoms with Crippen molar-refractivity contribution in [2.45, 2.75) is 26.7 Å². The number of anilines is 1. The fourth-order valence-corrected chi connectivity index (χ4v) is 2.46. The molecule has 3 aromatic heterocycles. The van der Waals surface area contributed by atoms with Crippen LogP contribution >= 0.6 is 12.4 Å². The molecule has 4 heterocycles. The number of hydrogen-bond donors (Lipinski definition) is 0. The number of hydrogen-bond acceptors (Lipinski definition) is 6. The summed E-state index contributed by atoms with van der Waals surface area (Å²) in [6, 6.07) is 7.70. The highest BCUT2D eigenvalue weighted by Crippen LogP contribution is 2.19. The van der Waals surface area contributed by atoms with E-state index < -0.39 is 0 Å². The third kappa shape index (κ3) is 5.52. The van der Waals surface area contributed by atoms with Crippen LogP contribution in [-0.4, -0.2) is 37.6 Å². The Morgan fingerprint density at radius 2 is 1.74 bits per heavy atom. The van der Waals surface area contributed by atoms with Gasteiger partial charge in [0.05, 0.1) is 6.20 Å². The fourth-order valence-electron chi connectivity index (χ4n) is 2.46. The summed E-state index contributed by atoms with van der Waals surface area (Å²) in [7, 11) is 0. The van der Waals surface area contributed by atoms with Gasteiger partial charge in [-0.25, -0.2) is 4.98 Å². The van der Waals surface area contributed by atoms with Crippen LogP contribution in [0.15, 0.2) is 49.1 Å². The summed E-state index contributed by atoms with van der Waals surface area (Å²) < 4.78 is 0. The Kier molecular flexibility index (Phi) is 7.31. The number of halogens is 1. The maximum atomic E-state index is 11.6. The molecule has 0 aliphatic carbocycles. The fraction of sp³-hybridized carbons (Fsp3) is 0.263. The lowest BCUT2D eigenvalue weighted by atomic mass is 10.2. The van der Waals surface area contributed by atoms with Crippen molar-refractivity contribution in [3.8, 4) is 11.4 Å². The lowest BCUT2D eigenvalue weighted by molar-refractivity contribution is -0.117. The number of nitrogens with zero attached hydrogens (tertiary/aromatic N) is 6. The van der Waals surface area contributed by atoms with E-state index in [9.17, 15) is 4.79 Å². The number of rotatable bonds is 2. The molecule has 0 saturated carbocycles. The Labute approximate surface area is 164 Å². The monoisotopic (exact) mass is 384 g/mol. The molecule has 1 amide bonds. The lowest BCUT2D eigenvalue weighted by Crippen LogP contribution is -2.25. The largest absolute Gasteiger partial charge is 0.294 e.